The summed E-state index contributed by atoms with van der Waals surface area (Å²) in [5.41, 5.74) is -0.232. The van der Waals surface area contributed by atoms with E-state index in [1.54, 1.807) is 0 Å². The molecule has 0 saturated heterocycles. The first-order valence-electron chi connectivity index (χ1n) is 5.75. The van der Waals surface area contributed by atoms with Gasteiger partial charge in [-0.1, -0.05) is 18.5 Å². The van der Waals surface area contributed by atoms with E-state index < -0.39 is 10.9 Å². The van der Waals surface area contributed by atoms with Crippen LogP contribution in [0.25, 0.3) is 0 Å². The van der Waals surface area contributed by atoms with Gasteiger partial charge in [-0.05, 0) is 12.5 Å². The monoisotopic (exact) mass is 287 g/mol. The van der Waals surface area contributed by atoms with Crippen LogP contribution in [0.2, 0.25) is 5.02 Å². The molecule has 0 fully saturated rings. The molecule has 104 valence electrons. The highest BCUT2D eigenvalue weighted by atomic mass is 35.5. The van der Waals surface area contributed by atoms with E-state index in [-0.39, 0.29) is 29.5 Å². The molecule has 0 saturated carbocycles. The van der Waals surface area contributed by atoms with Crippen molar-refractivity contribution in [2.24, 2.45) is 0 Å². The lowest BCUT2D eigenvalue weighted by atomic mass is 10.2. The third-order valence-electron chi connectivity index (χ3n) is 2.19. The van der Waals surface area contributed by atoms with E-state index in [0.29, 0.717) is 6.61 Å². The number of hydrogen-bond acceptors (Lipinski definition) is 5. The van der Waals surface area contributed by atoms with Gasteiger partial charge in [0.25, 0.3) is 5.69 Å². The number of carbonyl (C=O) groups excluding carboxylic acids is 1. The lowest BCUT2D eigenvalue weighted by Gasteiger charge is -2.06. The second-order valence-corrected chi connectivity index (χ2v) is 4.08. The standard InChI is InChI=1S/C12H14ClNO5/c1-2-5-18-6-7-19-12(15)10-8-9(14(16)17)3-4-11(10)13/h3-4,8H,2,5-7H2,1H3. The SMILES string of the molecule is CCCOCCOC(=O)c1cc([N+](=O)[O-])ccc1Cl. The predicted molar refractivity (Wildman–Crippen MR) is 69.5 cm³/mol. The summed E-state index contributed by atoms with van der Waals surface area (Å²) in [5.74, 6) is -0.700. The van der Waals surface area contributed by atoms with E-state index >= 15 is 0 Å². The Morgan fingerprint density at radius 3 is 2.74 bits per heavy atom. The van der Waals surface area contributed by atoms with Gasteiger partial charge in [0.1, 0.15) is 6.61 Å². The number of halogens is 1. The largest absolute Gasteiger partial charge is 0.460 e. The van der Waals surface area contributed by atoms with Crippen molar-refractivity contribution in [3.05, 3.63) is 38.9 Å². The van der Waals surface area contributed by atoms with Gasteiger partial charge in [-0.2, -0.15) is 0 Å². The number of nitro benzene ring substituents is 1. The number of ether oxygens (including phenoxy) is 2. The van der Waals surface area contributed by atoms with Crippen molar-refractivity contribution in [2.45, 2.75) is 13.3 Å². The van der Waals surface area contributed by atoms with E-state index in [9.17, 15) is 14.9 Å². The smallest absolute Gasteiger partial charge is 0.339 e. The van der Waals surface area contributed by atoms with Crippen molar-refractivity contribution in [1.82, 2.24) is 0 Å². The number of nitrogens with zero attached hydrogens (tertiary/aromatic N) is 1. The highest BCUT2D eigenvalue weighted by Gasteiger charge is 2.16. The number of nitro groups is 1. The fraction of sp³-hybridized carbons (Fsp3) is 0.417. The molecular formula is C12H14ClNO5. The van der Waals surface area contributed by atoms with Gasteiger partial charge >= 0.3 is 5.97 Å². The third-order valence-corrected chi connectivity index (χ3v) is 2.52. The molecular weight excluding hydrogens is 274 g/mol. The molecule has 0 aliphatic rings. The Bertz CT molecular complexity index is 463. The molecule has 0 radical (unpaired) electrons. The van der Waals surface area contributed by atoms with Crippen LogP contribution >= 0.6 is 11.6 Å². The van der Waals surface area contributed by atoms with Gasteiger partial charge in [-0.3, -0.25) is 10.1 Å². The number of esters is 1. The van der Waals surface area contributed by atoms with Crippen molar-refractivity contribution >= 4 is 23.3 Å². The van der Waals surface area contributed by atoms with Crippen LogP contribution in [-0.2, 0) is 9.47 Å². The number of non-ortho nitro benzene ring substituents is 1. The average molecular weight is 288 g/mol. The summed E-state index contributed by atoms with van der Waals surface area (Å²) in [7, 11) is 0. The predicted octanol–water partition coefficient (Wildman–Crippen LogP) is 2.83. The normalized spacial score (nSPS) is 10.2. The maximum absolute atomic E-state index is 11.7. The van der Waals surface area contributed by atoms with Crippen molar-refractivity contribution in [2.75, 3.05) is 19.8 Å². The molecule has 0 aliphatic heterocycles. The van der Waals surface area contributed by atoms with Crippen LogP contribution in [0, 0.1) is 10.1 Å². The molecule has 1 aromatic rings. The molecule has 1 aromatic carbocycles. The lowest BCUT2D eigenvalue weighted by molar-refractivity contribution is -0.384. The molecule has 0 aliphatic carbocycles. The molecule has 0 amide bonds. The highest BCUT2D eigenvalue weighted by molar-refractivity contribution is 6.33. The minimum absolute atomic E-state index is 0.0219. The maximum Gasteiger partial charge on any atom is 0.339 e. The Balaban J connectivity index is 2.61. The summed E-state index contributed by atoms with van der Waals surface area (Å²) in [6.07, 6.45) is 0.880. The van der Waals surface area contributed by atoms with Crippen molar-refractivity contribution in [3.8, 4) is 0 Å². The second-order valence-electron chi connectivity index (χ2n) is 3.67. The summed E-state index contributed by atoms with van der Waals surface area (Å²) in [6.45, 7) is 2.92. The van der Waals surface area contributed by atoms with Crippen LogP contribution in [0.5, 0.6) is 0 Å². The summed E-state index contributed by atoms with van der Waals surface area (Å²) in [6, 6.07) is 3.62. The van der Waals surface area contributed by atoms with Gasteiger partial charge in [0.15, 0.2) is 0 Å². The Hall–Kier alpha value is -1.66. The maximum atomic E-state index is 11.7. The number of carbonyl (C=O) groups is 1. The Morgan fingerprint density at radius 2 is 2.11 bits per heavy atom. The van der Waals surface area contributed by atoms with E-state index in [1.165, 1.54) is 12.1 Å². The molecule has 0 spiro atoms. The molecule has 19 heavy (non-hydrogen) atoms. The fourth-order valence-corrected chi connectivity index (χ4v) is 1.50. The van der Waals surface area contributed by atoms with E-state index in [1.807, 2.05) is 6.92 Å². The summed E-state index contributed by atoms with van der Waals surface area (Å²) >= 11 is 5.80. The van der Waals surface area contributed by atoms with Crippen LogP contribution in [0.3, 0.4) is 0 Å². The minimum atomic E-state index is -0.700. The quantitative estimate of drug-likeness (QED) is 0.333. The summed E-state index contributed by atoms with van der Waals surface area (Å²) < 4.78 is 10.1. The topological polar surface area (TPSA) is 78.7 Å². The molecule has 0 aromatic heterocycles. The molecule has 0 N–H and O–H groups in total. The summed E-state index contributed by atoms with van der Waals surface area (Å²) in [5, 5.41) is 10.7. The van der Waals surface area contributed by atoms with Gasteiger partial charge in [0, 0.05) is 18.7 Å². The Morgan fingerprint density at radius 1 is 1.37 bits per heavy atom. The minimum Gasteiger partial charge on any atom is -0.460 e. The summed E-state index contributed by atoms with van der Waals surface area (Å²) in [4.78, 5) is 21.7. The van der Waals surface area contributed by atoms with Crippen LogP contribution < -0.4 is 0 Å². The van der Waals surface area contributed by atoms with Gasteiger partial charge in [-0.25, -0.2) is 4.79 Å². The third kappa shape index (κ3) is 4.84. The first-order chi connectivity index (χ1) is 9.06. The van der Waals surface area contributed by atoms with E-state index in [0.717, 1.165) is 12.5 Å². The van der Waals surface area contributed by atoms with Crippen LogP contribution in [0.15, 0.2) is 18.2 Å². The van der Waals surface area contributed by atoms with Gasteiger partial charge in [0.2, 0.25) is 0 Å². The van der Waals surface area contributed by atoms with Crippen molar-refractivity contribution < 1.29 is 19.2 Å². The van der Waals surface area contributed by atoms with Gasteiger partial charge < -0.3 is 9.47 Å². The van der Waals surface area contributed by atoms with Crippen LogP contribution in [-0.4, -0.2) is 30.7 Å². The first-order valence-corrected chi connectivity index (χ1v) is 6.13. The molecule has 0 unspecified atom stereocenters. The highest BCUT2D eigenvalue weighted by Crippen LogP contribution is 2.22. The zero-order chi connectivity index (χ0) is 14.3. The first kappa shape index (κ1) is 15.4. The van der Waals surface area contributed by atoms with Gasteiger partial charge in [-0.15, -0.1) is 0 Å². The zero-order valence-corrected chi connectivity index (χ0v) is 11.2. The van der Waals surface area contributed by atoms with Gasteiger partial charge in [0.05, 0.1) is 22.1 Å². The van der Waals surface area contributed by atoms with Crippen molar-refractivity contribution in [3.63, 3.8) is 0 Å². The lowest BCUT2D eigenvalue weighted by Crippen LogP contribution is -2.11. The fourth-order valence-electron chi connectivity index (χ4n) is 1.30. The average Bonchev–Trinajstić information content (AvgIpc) is 2.38. The molecule has 6 nitrogen and oxygen atoms in total. The number of hydrogen-bond donors (Lipinski definition) is 0. The Labute approximate surface area is 115 Å². The Kier molecular flexibility index (Phi) is 6.24. The zero-order valence-electron chi connectivity index (χ0n) is 10.4. The van der Waals surface area contributed by atoms with Crippen molar-refractivity contribution in [1.29, 1.82) is 0 Å². The molecule has 7 heteroatoms. The molecule has 0 heterocycles. The number of rotatable bonds is 7. The second kappa shape index (κ2) is 7.70. The molecule has 0 atom stereocenters. The van der Waals surface area contributed by atoms with Crippen LogP contribution in [0.4, 0.5) is 5.69 Å². The number of benzene rings is 1. The molecule has 0 bridgehead atoms. The van der Waals surface area contributed by atoms with E-state index in [2.05, 4.69) is 0 Å². The van der Waals surface area contributed by atoms with Crippen LogP contribution in [0.1, 0.15) is 23.7 Å². The molecule has 1 rings (SSSR count). The van der Waals surface area contributed by atoms with E-state index in [4.69, 9.17) is 21.1 Å².